The largest absolute Gasteiger partial charge is 0.466 e. The Morgan fingerprint density at radius 2 is 0.770 bits per heavy atom. The lowest BCUT2D eigenvalue weighted by Gasteiger charge is -2.20. The summed E-state index contributed by atoms with van der Waals surface area (Å²) < 4.78 is 5.47. The van der Waals surface area contributed by atoms with Crippen molar-refractivity contribution in [3.05, 3.63) is 24.3 Å². The number of rotatable bonds is 50. The summed E-state index contributed by atoms with van der Waals surface area (Å²) in [7, 11) is 0. The highest BCUT2D eigenvalue weighted by Crippen LogP contribution is 2.16. The van der Waals surface area contributed by atoms with Crippen LogP contribution in [0.2, 0.25) is 0 Å². The first-order chi connectivity index (χ1) is 30.0. The molecule has 0 aliphatic rings. The van der Waals surface area contributed by atoms with Crippen LogP contribution < -0.4 is 5.32 Å². The van der Waals surface area contributed by atoms with Crippen molar-refractivity contribution in [2.24, 2.45) is 0 Å². The second-order valence-electron chi connectivity index (χ2n) is 18.6. The van der Waals surface area contributed by atoms with Gasteiger partial charge in [-0.25, -0.2) is 0 Å². The fraction of sp³-hybridized carbons (Fsp3) is 0.891. The Hall–Kier alpha value is -1.66. The summed E-state index contributed by atoms with van der Waals surface area (Å²) in [5.74, 6) is -0.0692. The molecule has 2 unspecified atom stereocenters. The molecule has 0 aliphatic carbocycles. The maximum atomic E-state index is 12.4. The van der Waals surface area contributed by atoms with E-state index in [0.717, 1.165) is 44.9 Å². The summed E-state index contributed by atoms with van der Waals surface area (Å²) in [6.45, 7) is 4.86. The highest BCUT2D eigenvalue weighted by atomic mass is 16.5. The number of aliphatic hydroxyl groups excluding tert-OH is 2. The van der Waals surface area contributed by atoms with Gasteiger partial charge in [0.1, 0.15) is 0 Å². The Labute approximate surface area is 380 Å². The van der Waals surface area contributed by atoms with E-state index in [-0.39, 0.29) is 18.5 Å². The Bertz CT molecular complexity index is 951. The lowest BCUT2D eigenvalue weighted by Crippen LogP contribution is -2.45. The monoisotopic (exact) mass is 860 g/mol. The third kappa shape index (κ3) is 47.7. The topological polar surface area (TPSA) is 95.9 Å². The summed E-state index contributed by atoms with van der Waals surface area (Å²) in [6.07, 6.45) is 60.6. The number of nitrogens with one attached hydrogen (secondary N) is 1. The molecule has 0 aromatic carbocycles. The number of unbranched alkanes of at least 4 members (excludes halogenated alkanes) is 37. The van der Waals surface area contributed by atoms with Crippen LogP contribution in [0.25, 0.3) is 0 Å². The third-order valence-corrected chi connectivity index (χ3v) is 12.5. The van der Waals surface area contributed by atoms with Crippen LogP contribution in [0.5, 0.6) is 0 Å². The van der Waals surface area contributed by atoms with Gasteiger partial charge in [-0.3, -0.25) is 9.59 Å². The maximum absolute atomic E-state index is 12.4. The zero-order valence-electron chi connectivity index (χ0n) is 40.9. The van der Waals surface area contributed by atoms with Crippen molar-refractivity contribution in [1.29, 1.82) is 0 Å². The smallest absolute Gasteiger partial charge is 0.305 e. The second kappa shape index (κ2) is 51.0. The van der Waals surface area contributed by atoms with Crippen molar-refractivity contribution in [2.45, 2.75) is 302 Å². The molecule has 0 saturated carbocycles. The molecule has 6 nitrogen and oxygen atoms in total. The van der Waals surface area contributed by atoms with Crippen LogP contribution in [0.3, 0.4) is 0 Å². The first-order valence-corrected chi connectivity index (χ1v) is 27.1. The minimum absolute atomic E-state index is 0.00243. The minimum Gasteiger partial charge on any atom is -0.466 e. The molecule has 0 aliphatic heterocycles. The van der Waals surface area contributed by atoms with Gasteiger partial charge in [0.2, 0.25) is 5.91 Å². The van der Waals surface area contributed by atoms with Gasteiger partial charge in [-0.15, -0.1) is 0 Å². The van der Waals surface area contributed by atoms with Crippen LogP contribution in [-0.4, -0.2) is 47.4 Å². The molecule has 6 heteroatoms. The molecule has 0 aromatic heterocycles. The van der Waals surface area contributed by atoms with Crippen LogP contribution in [0.4, 0.5) is 0 Å². The molecular weight excluding hydrogens is 755 g/mol. The molecule has 2 atom stereocenters. The molecule has 0 fully saturated rings. The van der Waals surface area contributed by atoms with Crippen molar-refractivity contribution in [3.8, 4) is 0 Å². The third-order valence-electron chi connectivity index (χ3n) is 12.5. The first-order valence-electron chi connectivity index (χ1n) is 27.1. The lowest BCUT2D eigenvalue weighted by molar-refractivity contribution is -0.143. The fourth-order valence-electron chi connectivity index (χ4n) is 8.27. The maximum Gasteiger partial charge on any atom is 0.305 e. The number of allylic oxidation sites excluding steroid dienone is 3. The highest BCUT2D eigenvalue weighted by molar-refractivity contribution is 5.76. The summed E-state index contributed by atoms with van der Waals surface area (Å²) in [5.41, 5.74) is 0. The molecule has 0 radical (unpaired) electrons. The van der Waals surface area contributed by atoms with Gasteiger partial charge < -0.3 is 20.3 Å². The van der Waals surface area contributed by atoms with Crippen molar-refractivity contribution in [1.82, 2.24) is 5.32 Å². The standard InChI is InChI=1S/C55H105NO5/c1-3-5-7-9-11-13-14-15-26-29-33-37-41-45-49-55(60)61-50-46-42-38-34-30-27-24-22-20-18-16-17-19-21-23-25-28-32-36-40-44-48-54(59)56-52(51-57)53(58)47-43-39-35-31-12-10-8-6-4-2/h14-15,43,47,52-53,57-58H,3-13,16-42,44-46,48-51H2,1-2H3,(H,56,59)/b15-14-,47-43+. The Morgan fingerprint density at radius 1 is 0.443 bits per heavy atom. The van der Waals surface area contributed by atoms with Crippen molar-refractivity contribution >= 4 is 11.9 Å². The number of hydrogen-bond donors (Lipinski definition) is 3. The van der Waals surface area contributed by atoms with E-state index >= 15 is 0 Å². The summed E-state index contributed by atoms with van der Waals surface area (Å²) in [6, 6.07) is -0.626. The number of carbonyl (C=O) groups excluding carboxylic acids is 2. The summed E-state index contributed by atoms with van der Waals surface area (Å²) in [5, 5.41) is 22.9. The van der Waals surface area contributed by atoms with Crippen LogP contribution in [-0.2, 0) is 14.3 Å². The number of hydrogen-bond acceptors (Lipinski definition) is 5. The molecule has 0 bridgehead atoms. The quantitative estimate of drug-likeness (QED) is 0.0322. The van der Waals surface area contributed by atoms with Gasteiger partial charge in [-0.1, -0.05) is 244 Å². The molecule has 61 heavy (non-hydrogen) atoms. The minimum atomic E-state index is -0.842. The lowest BCUT2D eigenvalue weighted by atomic mass is 10.0. The van der Waals surface area contributed by atoms with Crippen LogP contribution in [0.15, 0.2) is 24.3 Å². The number of aliphatic hydroxyl groups is 2. The van der Waals surface area contributed by atoms with E-state index in [0.29, 0.717) is 19.4 Å². The van der Waals surface area contributed by atoms with Gasteiger partial charge in [0, 0.05) is 12.8 Å². The molecule has 3 N–H and O–H groups in total. The molecular formula is C55H105NO5. The molecule has 0 heterocycles. The zero-order valence-corrected chi connectivity index (χ0v) is 40.9. The van der Waals surface area contributed by atoms with Crippen molar-refractivity contribution in [3.63, 3.8) is 0 Å². The van der Waals surface area contributed by atoms with Crippen molar-refractivity contribution in [2.75, 3.05) is 13.2 Å². The van der Waals surface area contributed by atoms with Crippen molar-refractivity contribution < 1.29 is 24.5 Å². The molecule has 0 aromatic rings. The number of carbonyl (C=O) groups is 2. The Kier molecular flexibility index (Phi) is 49.6. The fourth-order valence-corrected chi connectivity index (χ4v) is 8.27. The second-order valence-corrected chi connectivity index (χ2v) is 18.6. The van der Waals surface area contributed by atoms with Gasteiger partial charge in [-0.2, -0.15) is 0 Å². The first kappa shape index (κ1) is 59.3. The highest BCUT2D eigenvalue weighted by Gasteiger charge is 2.18. The van der Waals surface area contributed by atoms with E-state index < -0.39 is 12.1 Å². The SMILES string of the molecule is CCCCCCC/C=C\CCCCCCCC(=O)OCCCCCCCCCCCCCCCCCCCCCCCC(=O)NC(CO)C(O)/C=C/CCCCCCCCC. The zero-order chi connectivity index (χ0) is 44.4. The van der Waals surface area contributed by atoms with E-state index in [1.54, 1.807) is 6.08 Å². The molecule has 1 amide bonds. The van der Waals surface area contributed by atoms with Crippen LogP contribution >= 0.6 is 0 Å². The molecule has 0 spiro atoms. The Morgan fingerprint density at radius 3 is 1.16 bits per heavy atom. The number of esters is 1. The van der Waals surface area contributed by atoms with Gasteiger partial charge in [0.25, 0.3) is 0 Å². The van der Waals surface area contributed by atoms with Gasteiger partial charge in [0.15, 0.2) is 0 Å². The number of ether oxygens (including phenoxy) is 1. The van der Waals surface area contributed by atoms with E-state index in [1.807, 2.05) is 6.08 Å². The van der Waals surface area contributed by atoms with E-state index in [1.165, 1.54) is 218 Å². The van der Waals surface area contributed by atoms with E-state index in [2.05, 4.69) is 31.3 Å². The van der Waals surface area contributed by atoms with E-state index in [9.17, 15) is 19.8 Å². The molecule has 0 rings (SSSR count). The Balaban J connectivity index is 3.37. The molecule has 0 saturated heterocycles. The van der Waals surface area contributed by atoms with Crippen LogP contribution in [0.1, 0.15) is 290 Å². The van der Waals surface area contributed by atoms with Crippen LogP contribution in [0, 0.1) is 0 Å². The average Bonchev–Trinajstić information content (AvgIpc) is 3.26. The van der Waals surface area contributed by atoms with Gasteiger partial charge in [-0.05, 0) is 57.8 Å². The average molecular weight is 860 g/mol. The predicted molar refractivity (Wildman–Crippen MR) is 264 cm³/mol. The summed E-state index contributed by atoms with van der Waals surface area (Å²) in [4.78, 5) is 24.4. The van der Waals surface area contributed by atoms with Gasteiger partial charge in [0.05, 0.1) is 25.4 Å². The molecule has 360 valence electrons. The normalized spacial score (nSPS) is 12.8. The summed E-state index contributed by atoms with van der Waals surface area (Å²) >= 11 is 0. The van der Waals surface area contributed by atoms with E-state index in [4.69, 9.17) is 4.74 Å². The van der Waals surface area contributed by atoms with Gasteiger partial charge >= 0.3 is 5.97 Å². The number of amides is 1. The predicted octanol–water partition coefficient (Wildman–Crippen LogP) is 16.3.